The monoisotopic (exact) mass is 241 g/mol. The van der Waals surface area contributed by atoms with E-state index in [1.165, 1.54) is 0 Å². The van der Waals surface area contributed by atoms with Gasteiger partial charge >= 0.3 is 0 Å². The molecule has 0 fully saturated rings. The van der Waals surface area contributed by atoms with Gasteiger partial charge in [-0.05, 0) is 26.3 Å². The fraction of sp³-hybridized carbons (Fsp3) is 1.00. The normalized spacial score (nSPS) is 14.2. The molecular weight excluding hydrogens is 222 g/mol. The lowest BCUT2D eigenvalue weighted by atomic mass is 10.3. The fourth-order valence-electron chi connectivity index (χ4n) is 1.07. The molecule has 0 aromatic rings. The zero-order valence-electron chi connectivity index (χ0n) is 8.92. The number of halogens is 1. The maximum atomic E-state index is 11.3. The molecule has 0 saturated carbocycles. The van der Waals surface area contributed by atoms with Gasteiger partial charge in [-0.25, -0.2) is 8.42 Å². The summed E-state index contributed by atoms with van der Waals surface area (Å²) >= 11 is 5.74. The standard InChI is InChI=1S/C9H20ClNO2S/c1-3-7-14(12,13)8-6-11-5-4-9(2)10/h9,11H,3-8H2,1-2H3. The van der Waals surface area contributed by atoms with Gasteiger partial charge in [0.1, 0.15) is 0 Å². The topological polar surface area (TPSA) is 46.2 Å². The van der Waals surface area contributed by atoms with Crippen LogP contribution in [0.15, 0.2) is 0 Å². The Hall–Kier alpha value is 0.200. The maximum absolute atomic E-state index is 11.3. The molecule has 0 heterocycles. The molecule has 0 aromatic carbocycles. The van der Waals surface area contributed by atoms with Crippen molar-refractivity contribution >= 4 is 21.4 Å². The van der Waals surface area contributed by atoms with Crippen molar-refractivity contribution in [1.29, 1.82) is 0 Å². The molecule has 1 atom stereocenters. The number of hydrogen-bond acceptors (Lipinski definition) is 3. The smallest absolute Gasteiger partial charge is 0.151 e. The van der Waals surface area contributed by atoms with Crippen molar-refractivity contribution in [1.82, 2.24) is 5.32 Å². The van der Waals surface area contributed by atoms with Crippen LogP contribution in [0.5, 0.6) is 0 Å². The molecule has 0 rings (SSSR count). The van der Waals surface area contributed by atoms with Crippen LogP contribution in [-0.2, 0) is 9.84 Å². The van der Waals surface area contributed by atoms with Gasteiger partial charge in [0.05, 0.1) is 5.75 Å². The molecule has 0 amide bonds. The first-order valence-corrected chi connectivity index (χ1v) is 7.29. The first-order chi connectivity index (χ1) is 6.48. The van der Waals surface area contributed by atoms with Crippen molar-refractivity contribution in [3.8, 4) is 0 Å². The molecule has 5 heteroatoms. The van der Waals surface area contributed by atoms with E-state index in [2.05, 4.69) is 5.32 Å². The molecule has 1 N–H and O–H groups in total. The van der Waals surface area contributed by atoms with E-state index in [9.17, 15) is 8.42 Å². The molecule has 1 unspecified atom stereocenters. The minimum Gasteiger partial charge on any atom is -0.316 e. The predicted octanol–water partition coefficient (Wildman–Crippen LogP) is 1.42. The summed E-state index contributed by atoms with van der Waals surface area (Å²) in [6.07, 6.45) is 1.57. The highest BCUT2D eigenvalue weighted by atomic mass is 35.5. The summed E-state index contributed by atoms with van der Waals surface area (Å²) in [5, 5.41) is 3.22. The summed E-state index contributed by atoms with van der Waals surface area (Å²) in [6, 6.07) is 0. The summed E-state index contributed by atoms with van der Waals surface area (Å²) in [7, 11) is -2.83. The molecular formula is C9H20ClNO2S. The largest absolute Gasteiger partial charge is 0.316 e. The zero-order valence-corrected chi connectivity index (χ0v) is 10.5. The third-order valence-corrected chi connectivity index (χ3v) is 3.90. The van der Waals surface area contributed by atoms with Crippen molar-refractivity contribution in [2.75, 3.05) is 24.6 Å². The Morgan fingerprint density at radius 1 is 1.29 bits per heavy atom. The van der Waals surface area contributed by atoms with E-state index >= 15 is 0 Å². The first kappa shape index (κ1) is 14.2. The molecule has 0 aromatic heterocycles. The van der Waals surface area contributed by atoms with Crippen LogP contribution in [0, 0.1) is 0 Å². The Kier molecular flexibility index (Phi) is 7.59. The number of sulfone groups is 1. The van der Waals surface area contributed by atoms with Crippen LogP contribution < -0.4 is 5.32 Å². The van der Waals surface area contributed by atoms with E-state index in [4.69, 9.17) is 11.6 Å². The number of nitrogens with one attached hydrogen (secondary N) is 1. The SMILES string of the molecule is CCCS(=O)(=O)CCNCCC(C)Cl. The Morgan fingerprint density at radius 3 is 2.43 bits per heavy atom. The van der Waals surface area contributed by atoms with Crippen molar-refractivity contribution in [2.24, 2.45) is 0 Å². The van der Waals surface area contributed by atoms with Gasteiger partial charge in [-0.2, -0.15) is 0 Å². The third kappa shape index (κ3) is 8.78. The van der Waals surface area contributed by atoms with Gasteiger partial charge in [-0.1, -0.05) is 6.92 Å². The van der Waals surface area contributed by atoms with Gasteiger partial charge in [0, 0.05) is 17.7 Å². The van der Waals surface area contributed by atoms with E-state index in [0.29, 0.717) is 18.7 Å². The maximum Gasteiger partial charge on any atom is 0.151 e. The second kappa shape index (κ2) is 7.49. The molecule has 0 aliphatic carbocycles. The van der Waals surface area contributed by atoms with Gasteiger partial charge in [-0.3, -0.25) is 0 Å². The minimum absolute atomic E-state index is 0.148. The second-order valence-corrected chi connectivity index (χ2v) is 6.52. The van der Waals surface area contributed by atoms with Gasteiger partial charge in [0.15, 0.2) is 9.84 Å². The molecule has 0 bridgehead atoms. The number of alkyl halides is 1. The zero-order chi connectivity index (χ0) is 11.0. The van der Waals surface area contributed by atoms with Crippen LogP contribution in [0.25, 0.3) is 0 Å². The quantitative estimate of drug-likeness (QED) is 0.517. The Labute approximate surface area is 92.1 Å². The van der Waals surface area contributed by atoms with E-state index in [1.807, 2.05) is 13.8 Å². The van der Waals surface area contributed by atoms with Crippen LogP contribution in [0.4, 0.5) is 0 Å². The molecule has 86 valence electrons. The lowest BCUT2D eigenvalue weighted by Crippen LogP contribution is -2.26. The number of rotatable bonds is 8. The van der Waals surface area contributed by atoms with E-state index in [1.54, 1.807) is 0 Å². The Bertz CT molecular complexity index is 227. The second-order valence-electron chi connectivity index (χ2n) is 3.47. The molecule has 0 aliphatic rings. The Balaban J connectivity index is 3.45. The van der Waals surface area contributed by atoms with E-state index in [-0.39, 0.29) is 11.1 Å². The molecule has 0 aliphatic heterocycles. The van der Waals surface area contributed by atoms with Crippen molar-refractivity contribution in [2.45, 2.75) is 32.1 Å². The summed E-state index contributed by atoms with van der Waals surface area (Å²) in [6.45, 7) is 5.12. The highest BCUT2D eigenvalue weighted by Gasteiger charge is 2.07. The highest BCUT2D eigenvalue weighted by Crippen LogP contribution is 1.97. The summed E-state index contributed by atoms with van der Waals surface area (Å²) in [5.41, 5.74) is 0. The number of hydrogen-bond donors (Lipinski definition) is 1. The van der Waals surface area contributed by atoms with Gasteiger partial charge in [0.25, 0.3) is 0 Å². The molecule has 0 spiro atoms. The molecule has 0 radical (unpaired) electrons. The third-order valence-electron chi connectivity index (χ3n) is 1.82. The average Bonchev–Trinajstić information content (AvgIpc) is 2.02. The van der Waals surface area contributed by atoms with Gasteiger partial charge in [0.2, 0.25) is 0 Å². The summed E-state index contributed by atoms with van der Waals surface area (Å²) in [4.78, 5) is 0. The van der Waals surface area contributed by atoms with E-state index in [0.717, 1.165) is 13.0 Å². The van der Waals surface area contributed by atoms with E-state index < -0.39 is 9.84 Å². The highest BCUT2D eigenvalue weighted by molar-refractivity contribution is 7.91. The lowest BCUT2D eigenvalue weighted by Gasteiger charge is -2.06. The molecule has 14 heavy (non-hydrogen) atoms. The average molecular weight is 242 g/mol. The first-order valence-electron chi connectivity index (χ1n) is 5.03. The molecule has 3 nitrogen and oxygen atoms in total. The Morgan fingerprint density at radius 2 is 1.93 bits per heavy atom. The summed E-state index contributed by atoms with van der Waals surface area (Å²) in [5.74, 6) is 0.526. The van der Waals surface area contributed by atoms with Crippen LogP contribution in [-0.4, -0.2) is 38.4 Å². The van der Waals surface area contributed by atoms with Crippen LogP contribution in [0.1, 0.15) is 26.7 Å². The van der Waals surface area contributed by atoms with Crippen molar-refractivity contribution < 1.29 is 8.42 Å². The van der Waals surface area contributed by atoms with Crippen LogP contribution in [0.3, 0.4) is 0 Å². The van der Waals surface area contributed by atoms with Crippen LogP contribution >= 0.6 is 11.6 Å². The van der Waals surface area contributed by atoms with Crippen molar-refractivity contribution in [3.63, 3.8) is 0 Å². The van der Waals surface area contributed by atoms with Crippen molar-refractivity contribution in [3.05, 3.63) is 0 Å². The summed E-state index contributed by atoms with van der Waals surface area (Å²) < 4.78 is 22.5. The predicted molar refractivity (Wildman–Crippen MR) is 61.7 cm³/mol. The lowest BCUT2D eigenvalue weighted by molar-refractivity contribution is 0.587. The van der Waals surface area contributed by atoms with Gasteiger partial charge < -0.3 is 5.32 Å². The van der Waals surface area contributed by atoms with Crippen LogP contribution in [0.2, 0.25) is 0 Å². The molecule has 0 saturated heterocycles. The fourth-order valence-corrected chi connectivity index (χ4v) is 2.46. The van der Waals surface area contributed by atoms with Gasteiger partial charge in [-0.15, -0.1) is 11.6 Å². The minimum atomic E-state index is -2.83.